The van der Waals surface area contributed by atoms with Gasteiger partial charge in [-0.3, -0.25) is 14.4 Å². The molecule has 37 heavy (non-hydrogen) atoms. The number of aliphatic hydroxyl groups excluding tert-OH is 3. The zero-order valence-electron chi connectivity index (χ0n) is 23.3. The van der Waals surface area contributed by atoms with Crippen LogP contribution in [-0.2, 0) is 14.4 Å². The van der Waals surface area contributed by atoms with Crippen LogP contribution in [0.1, 0.15) is 87.0 Å². The van der Waals surface area contributed by atoms with Crippen LogP contribution in [0, 0.1) is 39.4 Å². The number of allylic oxidation sites excluding steroid dienone is 3. The molecule has 7 heteroatoms. The van der Waals surface area contributed by atoms with Crippen molar-refractivity contribution in [3.8, 4) is 0 Å². The van der Waals surface area contributed by atoms with Gasteiger partial charge in [-0.2, -0.15) is 0 Å². The summed E-state index contributed by atoms with van der Waals surface area (Å²) in [5, 5.41) is 43.2. The van der Waals surface area contributed by atoms with Crippen LogP contribution in [0.3, 0.4) is 0 Å². The maximum absolute atomic E-state index is 14.1. The maximum Gasteiger partial charge on any atom is 0.306 e. The number of aliphatic carboxylic acids is 1. The topological polar surface area (TPSA) is 132 Å². The van der Waals surface area contributed by atoms with Crippen LogP contribution in [0.25, 0.3) is 0 Å². The molecule has 2 saturated carbocycles. The number of carbonyl (C=O) groups excluding carboxylic acids is 2. The molecule has 0 saturated heterocycles. The van der Waals surface area contributed by atoms with Gasteiger partial charge in [0.05, 0.1) is 24.2 Å². The van der Waals surface area contributed by atoms with Gasteiger partial charge in [0.2, 0.25) is 0 Å². The molecule has 0 aromatic carbocycles. The van der Waals surface area contributed by atoms with Crippen molar-refractivity contribution in [3.05, 3.63) is 22.8 Å². The fraction of sp³-hybridized carbons (Fsp3) is 0.767. The Bertz CT molecular complexity index is 1090. The van der Waals surface area contributed by atoms with Crippen molar-refractivity contribution in [1.82, 2.24) is 0 Å². The number of fused-ring (bicyclic) bond motifs is 4. The summed E-state index contributed by atoms with van der Waals surface area (Å²) in [5.41, 5.74) is -0.477. The number of Topliss-reactive ketones (excluding diaryl/α,β-unsaturated/α-hetero) is 1. The van der Waals surface area contributed by atoms with Gasteiger partial charge in [0.25, 0.3) is 0 Å². The molecular formula is C30H44O7. The number of ketones is 2. The predicted octanol–water partition coefficient (Wildman–Crippen LogP) is 3.84. The Kier molecular flexibility index (Phi) is 6.74. The van der Waals surface area contributed by atoms with Gasteiger partial charge in [0, 0.05) is 23.8 Å². The van der Waals surface area contributed by atoms with E-state index in [0.29, 0.717) is 36.8 Å². The third-order valence-corrected chi connectivity index (χ3v) is 11.4. The Balaban J connectivity index is 1.79. The Hall–Kier alpha value is -1.83. The lowest BCUT2D eigenvalue weighted by Gasteiger charge is -2.62. The quantitative estimate of drug-likeness (QED) is 0.408. The number of hydrogen-bond acceptors (Lipinski definition) is 6. The van der Waals surface area contributed by atoms with E-state index >= 15 is 0 Å². The molecule has 0 bridgehead atoms. The van der Waals surface area contributed by atoms with E-state index < -0.39 is 51.9 Å². The molecule has 0 radical (unpaired) electrons. The second kappa shape index (κ2) is 8.85. The van der Waals surface area contributed by atoms with Crippen LogP contribution in [0.4, 0.5) is 0 Å². The number of aliphatic hydroxyl groups is 3. The molecule has 2 fully saturated rings. The van der Waals surface area contributed by atoms with Crippen molar-refractivity contribution in [2.75, 3.05) is 0 Å². The van der Waals surface area contributed by atoms with Crippen LogP contribution < -0.4 is 0 Å². The number of carboxylic acid groups (broad SMARTS) is 1. The highest BCUT2D eigenvalue weighted by Gasteiger charge is 2.69. The van der Waals surface area contributed by atoms with Crippen molar-refractivity contribution in [1.29, 1.82) is 0 Å². The lowest BCUT2D eigenvalue weighted by atomic mass is 9.42. The molecule has 0 aromatic heterocycles. The minimum Gasteiger partial charge on any atom is -0.481 e. The molecular weight excluding hydrogens is 472 g/mol. The highest BCUT2D eigenvalue weighted by molar-refractivity contribution is 6.00. The average molecular weight is 517 g/mol. The lowest BCUT2D eigenvalue weighted by Crippen LogP contribution is -2.60. The van der Waals surface area contributed by atoms with Crippen molar-refractivity contribution >= 4 is 17.5 Å². The van der Waals surface area contributed by atoms with Crippen LogP contribution >= 0.6 is 0 Å². The number of rotatable bonds is 5. The van der Waals surface area contributed by atoms with Gasteiger partial charge in [-0.05, 0) is 72.3 Å². The van der Waals surface area contributed by atoms with Crippen molar-refractivity contribution < 1.29 is 34.8 Å². The third kappa shape index (κ3) is 3.82. The molecule has 0 amide bonds. The first-order chi connectivity index (χ1) is 16.9. The Morgan fingerprint density at radius 1 is 1.05 bits per heavy atom. The first-order valence-electron chi connectivity index (χ1n) is 13.7. The van der Waals surface area contributed by atoms with E-state index in [9.17, 15) is 29.7 Å². The zero-order valence-corrected chi connectivity index (χ0v) is 23.3. The van der Waals surface area contributed by atoms with Gasteiger partial charge in [0.1, 0.15) is 0 Å². The summed E-state index contributed by atoms with van der Waals surface area (Å²) in [5.74, 6) is -2.44. The zero-order chi connectivity index (χ0) is 27.9. The minimum absolute atomic E-state index is 0.00820. The molecule has 9 unspecified atom stereocenters. The van der Waals surface area contributed by atoms with Crippen LogP contribution in [0.2, 0.25) is 0 Å². The van der Waals surface area contributed by atoms with Gasteiger partial charge >= 0.3 is 5.97 Å². The molecule has 206 valence electrons. The van der Waals surface area contributed by atoms with Gasteiger partial charge in [-0.25, -0.2) is 0 Å². The summed E-state index contributed by atoms with van der Waals surface area (Å²) in [6, 6.07) is 0. The summed E-state index contributed by atoms with van der Waals surface area (Å²) in [7, 11) is 0. The summed E-state index contributed by atoms with van der Waals surface area (Å²) < 4.78 is 0. The summed E-state index contributed by atoms with van der Waals surface area (Å²) in [6.45, 7) is 13.4. The van der Waals surface area contributed by atoms with Gasteiger partial charge in [-0.1, -0.05) is 47.1 Å². The van der Waals surface area contributed by atoms with Gasteiger partial charge < -0.3 is 20.4 Å². The van der Waals surface area contributed by atoms with Crippen LogP contribution in [0.5, 0.6) is 0 Å². The maximum atomic E-state index is 14.1. The first kappa shape index (κ1) is 28.2. The number of carbonyl (C=O) groups is 3. The Morgan fingerprint density at radius 2 is 1.68 bits per heavy atom. The number of hydrogen-bond donors (Lipinski definition) is 4. The smallest absolute Gasteiger partial charge is 0.306 e. The monoisotopic (exact) mass is 516 g/mol. The van der Waals surface area contributed by atoms with E-state index in [1.54, 1.807) is 0 Å². The molecule has 4 N–H and O–H groups in total. The molecule has 0 heterocycles. The first-order valence-corrected chi connectivity index (χ1v) is 13.7. The SMILES string of the molecule is CC(=CC(=O)CC(C)C(=O)O)C1CC(O)C2(C)C3=C(C(=O)CC12C)C1(C)CCC(O)C(C)(C)C1CC3O. The highest BCUT2D eigenvalue weighted by Crippen LogP contribution is 2.71. The summed E-state index contributed by atoms with van der Waals surface area (Å²) in [6.07, 6.45) is 1.39. The van der Waals surface area contributed by atoms with E-state index in [2.05, 4.69) is 6.92 Å². The molecule has 4 rings (SSSR count). The summed E-state index contributed by atoms with van der Waals surface area (Å²) in [4.78, 5) is 37.9. The fourth-order valence-electron chi connectivity index (χ4n) is 8.96. The van der Waals surface area contributed by atoms with Gasteiger partial charge in [-0.15, -0.1) is 0 Å². The second-order valence-corrected chi connectivity index (χ2v) is 13.7. The fourth-order valence-corrected chi connectivity index (χ4v) is 8.96. The van der Waals surface area contributed by atoms with E-state index in [-0.39, 0.29) is 36.2 Å². The standard InChI is InChI=1S/C30H44O7/c1-15(10-17(31)11-16(2)26(36)37)18-12-23(35)30(7)25-19(32)13-21-27(3,4)22(34)8-9-28(21,5)24(25)20(33)14-29(18,30)6/h10,16,18-19,21-23,32,34-35H,8-9,11-14H2,1-7H3,(H,36,37). The predicted molar refractivity (Wildman–Crippen MR) is 138 cm³/mol. The van der Waals surface area contributed by atoms with Crippen molar-refractivity contribution in [3.63, 3.8) is 0 Å². The largest absolute Gasteiger partial charge is 0.481 e. The van der Waals surface area contributed by atoms with Gasteiger partial charge in [0.15, 0.2) is 11.6 Å². The molecule has 4 aliphatic carbocycles. The van der Waals surface area contributed by atoms with E-state index in [0.717, 1.165) is 5.57 Å². The van der Waals surface area contributed by atoms with E-state index in [1.807, 2.05) is 34.6 Å². The normalized spacial score (nSPS) is 44.1. The molecule has 4 aliphatic rings. The molecule has 0 spiro atoms. The van der Waals surface area contributed by atoms with E-state index in [1.165, 1.54) is 13.0 Å². The minimum atomic E-state index is -1.02. The lowest BCUT2D eigenvalue weighted by molar-refractivity contribution is -0.142. The highest BCUT2D eigenvalue weighted by atomic mass is 16.4. The van der Waals surface area contributed by atoms with Crippen molar-refractivity contribution in [2.45, 2.75) is 105 Å². The molecule has 0 aliphatic heterocycles. The third-order valence-electron chi connectivity index (χ3n) is 11.4. The van der Waals surface area contributed by atoms with Crippen LogP contribution in [-0.4, -0.2) is 56.3 Å². The number of carboxylic acids is 1. The average Bonchev–Trinajstić information content (AvgIpc) is 2.99. The Labute approximate surface area is 220 Å². The molecule has 7 nitrogen and oxygen atoms in total. The molecule has 9 atom stereocenters. The van der Waals surface area contributed by atoms with Crippen LogP contribution in [0.15, 0.2) is 22.8 Å². The summed E-state index contributed by atoms with van der Waals surface area (Å²) >= 11 is 0. The van der Waals surface area contributed by atoms with Crippen molar-refractivity contribution in [2.24, 2.45) is 39.4 Å². The van der Waals surface area contributed by atoms with E-state index in [4.69, 9.17) is 5.11 Å². The second-order valence-electron chi connectivity index (χ2n) is 13.7. The Morgan fingerprint density at radius 3 is 2.27 bits per heavy atom. The molecule has 0 aromatic rings.